The molecule has 0 fully saturated rings. The second-order valence-electron chi connectivity index (χ2n) is 3.75. The quantitative estimate of drug-likeness (QED) is 0.606. The van der Waals surface area contributed by atoms with Crippen LogP contribution in [0.3, 0.4) is 0 Å². The number of hydrogen-bond acceptors (Lipinski definition) is 5. The van der Waals surface area contributed by atoms with Gasteiger partial charge in [0.1, 0.15) is 5.82 Å². The van der Waals surface area contributed by atoms with Crippen LogP contribution in [0, 0.1) is 6.92 Å². The Morgan fingerprint density at radius 2 is 2.33 bits per heavy atom. The van der Waals surface area contributed by atoms with Crippen molar-refractivity contribution in [3.05, 3.63) is 36.0 Å². The maximum Gasteiger partial charge on any atom is 0.339 e. The number of ether oxygens (including phenoxy) is 1. The van der Waals surface area contributed by atoms with E-state index in [1.807, 2.05) is 4.90 Å². The molecule has 5 heteroatoms. The Hall–Kier alpha value is -1.88. The number of aryl methyl sites for hydroxylation is 1. The molecule has 1 aromatic rings. The molecule has 1 aromatic heterocycles. The van der Waals surface area contributed by atoms with E-state index >= 15 is 0 Å². The standard InChI is InChI=1S/C13H18N2O3/c1-4-7-15(8-9-16)12-6-5-11(10(2)14-12)13(17)18-3/h4-6,16H,1,7-9H2,2-3H3. The van der Waals surface area contributed by atoms with Gasteiger partial charge in [0.25, 0.3) is 0 Å². The smallest absolute Gasteiger partial charge is 0.339 e. The van der Waals surface area contributed by atoms with Crippen LogP contribution in [0.25, 0.3) is 0 Å². The predicted molar refractivity (Wildman–Crippen MR) is 69.8 cm³/mol. The molecule has 18 heavy (non-hydrogen) atoms. The van der Waals surface area contributed by atoms with Gasteiger partial charge in [-0.05, 0) is 19.1 Å². The fourth-order valence-corrected chi connectivity index (χ4v) is 1.63. The first-order valence-electron chi connectivity index (χ1n) is 5.66. The number of aliphatic hydroxyl groups is 1. The maximum absolute atomic E-state index is 11.4. The molecule has 0 saturated heterocycles. The fourth-order valence-electron chi connectivity index (χ4n) is 1.63. The third kappa shape index (κ3) is 3.30. The van der Waals surface area contributed by atoms with Gasteiger partial charge in [0.15, 0.2) is 0 Å². The Bertz CT molecular complexity index is 432. The van der Waals surface area contributed by atoms with Crippen LogP contribution in [-0.2, 0) is 4.74 Å². The maximum atomic E-state index is 11.4. The molecule has 0 aliphatic rings. The highest BCUT2D eigenvalue weighted by Crippen LogP contribution is 2.15. The predicted octanol–water partition coefficient (Wildman–Crippen LogP) is 1.16. The Labute approximate surface area is 107 Å². The topological polar surface area (TPSA) is 62.7 Å². The number of aliphatic hydroxyl groups excluding tert-OH is 1. The van der Waals surface area contributed by atoms with Crippen LogP contribution in [0.1, 0.15) is 16.1 Å². The van der Waals surface area contributed by atoms with Gasteiger partial charge in [-0.15, -0.1) is 6.58 Å². The van der Waals surface area contributed by atoms with E-state index in [9.17, 15) is 4.79 Å². The summed E-state index contributed by atoms with van der Waals surface area (Å²) in [5.41, 5.74) is 1.05. The summed E-state index contributed by atoms with van der Waals surface area (Å²) in [6, 6.07) is 3.41. The van der Waals surface area contributed by atoms with Crippen LogP contribution in [-0.4, -0.2) is 42.9 Å². The van der Waals surface area contributed by atoms with E-state index in [1.165, 1.54) is 7.11 Å². The van der Waals surface area contributed by atoms with Crippen molar-refractivity contribution in [2.75, 3.05) is 31.7 Å². The zero-order chi connectivity index (χ0) is 13.5. The average Bonchev–Trinajstić information content (AvgIpc) is 2.37. The van der Waals surface area contributed by atoms with E-state index in [0.29, 0.717) is 30.2 Å². The van der Waals surface area contributed by atoms with Crippen molar-refractivity contribution in [1.82, 2.24) is 4.98 Å². The minimum atomic E-state index is -0.399. The molecule has 0 spiro atoms. The van der Waals surface area contributed by atoms with Gasteiger partial charge in [-0.2, -0.15) is 0 Å². The number of rotatable bonds is 6. The monoisotopic (exact) mass is 250 g/mol. The summed E-state index contributed by atoms with van der Waals surface area (Å²) in [4.78, 5) is 17.7. The summed E-state index contributed by atoms with van der Waals surface area (Å²) in [5, 5.41) is 9.00. The third-order valence-electron chi connectivity index (χ3n) is 2.52. The zero-order valence-electron chi connectivity index (χ0n) is 10.7. The van der Waals surface area contributed by atoms with Crippen molar-refractivity contribution in [2.24, 2.45) is 0 Å². The molecular formula is C13H18N2O3. The number of esters is 1. The van der Waals surface area contributed by atoms with Crippen molar-refractivity contribution in [1.29, 1.82) is 0 Å². The number of carbonyl (C=O) groups excluding carboxylic acids is 1. The van der Waals surface area contributed by atoms with Gasteiger partial charge >= 0.3 is 5.97 Å². The minimum absolute atomic E-state index is 0.0350. The number of hydrogen-bond donors (Lipinski definition) is 1. The lowest BCUT2D eigenvalue weighted by Gasteiger charge is -2.21. The summed E-state index contributed by atoms with van der Waals surface area (Å²) in [6.07, 6.45) is 1.74. The largest absolute Gasteiger partial charge is 0.465 e. The number of methoxy groups -OCH3 is 1. The first kappa shape index (κ1) is 14.2. The molecule has 0 amide bonds. The van der Waals surface area contributed by atoms with Crippen LogP contribution in [0.2, 0.25) is 0 Å². The lowest BCUT2D eigenvalue weighted by Crippen LogP contribution is -2.28. The highest BCUT2D eigenvalue weighted by molar-refractivity contribution is 5.90. The molecule has 0 aliphatic heterocycles. The molecule has 0 radical (unpaired) electrons. The van der Waals surface area contributed by atoms with Crippen LogP contribution >= 0.6 is 0 Å². The first-order valence-corrected chi connectivity index (χ1v) is 5.66. The molecule has 5 nitrogen and oxygen atoms in total. The average molecular weight is 250 g/mol. The lowest BCUT2D eigenvalue weighted by atomic mass is 10.2. The first-order chi connectivity index (χ1) is 8.63. The molecule has 0 aromatic carbocycles. The molecule has 0 bridgehead atoms. The fraction of sp³-hybridized carbons (Fsp3) is 0.385. The third-order valence-corrected chi connectivity index (χ3v) is 2.52. The van der Waals surface area contributed by atoms with Gasteiger partial charge < -0.3 is 14.7 Å². The summed E-state index contributed by atoms with van der Waals surface area (Å²) >= 11 is 0. The van der Waals surface area contributed by atoms with E-state index in [4.69, 9.17) is 5.11 Å². The summed E-state index contributed by atoms with van der Waals surface area (Å²) in [7, 11) is 1.34. The van der Waals surface area contributed by atoms with Crippen LogP contribution in [0.15, 0.2) is 24.8 Å². The molecule has 0 atom stereocenters. The number of aromatic nitrogens is 1. The molecule has 1 heterocycles. The molecule has 1 rings (SSSR count). The number of carbonyl (C=O) groups is 1. The number of nitrogens with zero attached hydrogens (tertiary/aromatic N) is 2. The van der Waals surface area contributed by atoms with Gasteiger partial charge in [0.05, 0.1) is 25.0 Å². The lowest BCUT2D eigenvalue weighted by molar-refractivity contribution is 0.0599. The minimum Gasteiger partial charge on any atom is -0.465 e. The molecule has 1 N–H and O–H groups in total. The van der Waals surface area contributed by atoms with Crippen molar-refractivity contribution >= 4 is 11.8 Å². The van der Waals surface area contributed by atoms with E-state index in [1.54, 1.807) is 25.1 Å². The van der Waals surface area contributed by atoms with E-state index in [0.717, 1.165) is 0 Å². The second-order valence-corrected chi connectivity index (χ2v) is 3.75. The van der Waals surface area contributed by atoms with Gasteiger partial charge in [0, 0.05) is 13.1 Å². The van der Waals surface area contributed by atoms with Crippen molar-refractivity contribution < 1.29 is 14.6 Å². The highest BCUT2D eigenvalue weighted by Gasteiger charge is 2.13. The van der Waals surface area contributed by atoms with Gasteiger partial charge in [-0.3, -0.25) is 0 Å². The van der Waals surface area contributed by atoms with Gasteiger partial charge in [-0.25, -0.2) is 9.78 Å². The Morgan fingerprint density at radius 3 is 2.83 bits per heavy atom. The van der Waals surface area contributed by atoms with E-state index in [-0.39, 0.29) is 6.61 Å². The van der Waals surface area contributed by atoms with Crippen LogP contribution in [0.5, 0.6) is 0 Å². The zero-order valence-corrected chi connectivity index (χ0v) is 10.7. The Balaban J connectivity index is 3.00. The van der Waals surface area contributed by atoms with Crippen molar-refractivity contribution in [2.45, 2.75) is 6.92 Å². The highest BCUT2D eigenvalue weighted by atomic mass is 16.5. The second kappa shape index (κ2) is 6.76. The molecular weight excluding hydrogens is 232 g/mol. The van der Waals surface area contributed by atoms with Gasteiger partial charge in [0.2, 0.25) is 0 Å². The molecule has 0 aliphatic carbocycles. The molecule has 0 unspecified atom stereocenters. The Kier molecular flexibility index (Phi) is 5.32. The van der Waals surface area contributed by atoms with E-state index in [2.05, 4.69) is 16.3 Å². The summed E-state index contributed by atoms with van der Waals surface area (Å²) in [5.74, 6) is 0.304. The van der Waals surface area contributed by atoms with E-state index < -0.39 is 5.97 Å². The van der Waals surface area contributed by atoms with Crippen LogP contribution < -0.4 is 4.90 Å². The van der Waals surface area contributed by atoms with Crippen LogP contribution in [0.4, 0.5) is 5.82 Å². The van der Waals surface area contributed by atoms with Crippen molar-refractivity contribution in [3.8, 4) is 0 Å². The number of pyridine rings is 1. The SMILES string of the molecule is C=CCN(CCO)c1ccc(C(=O)OC)c(C)n1. The summed E-state index contributed by atoms with van der Waals surface area (Å²) in [6.45, 7) is 6.51. The summed E-state index contributed by atoms with van der Waals surface area (Å²) < 4.78 is 4.66. The molecule has 0 saturated carbocycles. The van der Waals surface area contributed by atoms with Gasteiger partial charge in [-0.1, -0.05) is 6.08 Å². The Morgan fingerprint density at radius 1 is 1.61 bits per heavy atom. The van der Waals surface area contributed by atoms with Crippen molar-refractivity contribution in [3.63, 3.8) is 0 Å². The number of anilines is 1. The normalized spacial score (nSPS) is 9.94. The molecule has 98 valence electrons.